The van der Waals surface area contributed by atoms with Gasteiger partial charge in [0.25, 0.3) is 10.0 Å². The summed E-state index contributed by atoms with van der Waals surface area (Å²) in [7, 11) is 3.15. The highest BCUT2D eigenvalue weighted by Gasteiger charge is 2.23. The van der Waals surface area contributed by atoms with E-state index in [0.717, 1.165) is 40.0 Å². The summed E-state index contributed by atoms with van der Waals surface area (Å²) in [6.45, 7) is 2.19. The molecule has 8 nitrogen and oxygen atoms in total. The van der Waals surface area contributed by atoms with Crippen LogP contribution in [0.5, 0.6) is 5.75 Å². The quantitative estimate of drug-likeness (QED) is 0.358. The number of halogens is 2. The Labute approximate surface area is 197 Å². The van der Waals surface area contributed by atoms with E-state index in [9.17, 15) is 8.42 Å². The number of benzene rings is 2. The van der Waals surface area contributed by atoms with Crippen molar-refractivity contribution in [3.63, 3.8) is 0 Å². The largest absolute Gasteiger partial charge is 0.492 e. The molecule has 5 rings (SSSR count). The second-order valence-corrected chi connectivity index (χ2v) is 13.4. The fourth-order valence-electron chi connectivity index (χ4n) is 3.51. The number of rotatable bonds is 2. The van der Waals surface area contributed by atoms with Crippen LogP contribution in [0, 0.1) is 0 Å². The van der Waals surface area contributed by atoms with Crippen LogP contribution < -0.4 is 4.74 Å². The van der Waals surface area contributed by atoms with E-state index in [4.69, 9.17) is 13.2 Å². The lowest BCUT2D eigenvalue weighted by Gasteiger charge is -2.13. The van der Waals surface area contributed by atoms with E-state index in [1.165, 1.54) is 15.3 Å². The van der Waals surface area contributed by atoms with Crippen LogP contribution in [-0.4, -0.2) is 50.9 Å². The molecule has 0 spiro atoms. The Hall–Kier alpha value is -1.89. The summed E-state index contributed by atoms with van der Waals surface area (Å²) in [4.78, 5) is 6.66. The maximum Gasteiger partial charge on any atom is 0.317 e. The molecule has 1 aliphatic rings. The second kappa shape index (κ2) is 8.81. The van der Waals surface area contributed by atoms with Crippen molar-refractivity contribution >= 4 is 72.1 Å². The second-order valence-electron chi connectivity index (χ2n) is 7.04. The molecule has 3 heterocycles. The first-order chi connectivity index (χ1) is 15.0. The van der Waals surface area contributed by atoms with Gasteiger partial charge in [-0.3, -0.25) is 4.90 Å². The number of likely N-dealkylation sites (N-methyl/N-ethyl adjacent to an activating group) is 1. The van der Waals surface area contributed by atoms with Crippen molar-refractivity contribution in [3.8, 4) is 5.75 Å². The van der Waals surface area contributed by atoms with E-state index >= 15 is 0 Å². The van der Waals surface area contributed by atoms with Crippen molar-refractivity contribution in [2.24, 2.45) is 0 Å². The van der Waals surface area contributed by atoms with Crippen LogP contribution in [-0.2, 0) is 24.8 Å². The van der Waals surface area contributed by atoms with Crippen LogP contribution in [0.1, 0.15) is 5.56 Å². The Balaban J connectivity index is 0.000000444. The summed E-state index contributed by atoms with van der Waals surface area (Å²) < 4.78 is 52.9. The summed E-state index contributed by atoms with van der Waals surface area (Å²) in [5.74, 6) is 0.827. The van der Waals surface area contributed by atoms with Gasteiger partial charge in [-0.25, -0.2) is 17.4 Å². The third kappa shape index (κ3) is 4.87. The number of nitrogens with zero attached hydrogens (tertiary/aromatic N) is 3. The van der Waals surface area contributed by atoms with Gasteiger partial charge in [-0.15, -0.1) is 11.3 Å². The molecular formula is C19H17Cl2N3O5S3. The van der Waals surface area contributed by atoms with Gasteiger partial charge in [0.15, 0.2) is 0 Å². The smallest absolute Gasteiger partial charge is 0.317 e. The van der Waals surface area contributed by atoms with Crippen LogP contribution in [0.2, 0.25) is 0 Å². The number of hydrogen-bond acceptors (Lipinski definition) is 8. The van der Waals surface area contributed by atoms with Crippen LogP contribution in [0.25, 0.3) is 21.1 Å². The molecule has 0 unspecified atom stereocenters. The number of thiazole rings is 1. The molecule has 13 heteroatoms. The first-order valence-electron chi connectivity index (χ1n) is 9.21. The molecule has 0 fully saturated rings. The Bertz CT molecular complexity index is 1510. The minimum absolute atomic E-state index is 0.264. The first-order valence-corrected chi connectivity index (χ1v) is 14.7. The predicted molar refractivity (Wildman–Crippen MR) is 127 cm³/mol. The minimum Gasteiger partial charge on any atom is -0.492 e. The molecule has 2 aromatic carbocycles. The van der Waals surface area contributed by atoms with Gasteiger partial charge in [0.2, 0.25) is 0 Å². The lowest BCUT2D eigenvalue weighted by Crippen LogP contribution is -2.20. The topological polar surface area (TPSA) is 98.6 Å². The maximum atomic E-state index is 13.3. The number of fused-ring (bicyclic) bond motifs is 4. The zero-order chi connectivity index (χ0) is 23.1. The van der Waals surface area contributed by atoms with Gasteiger partial charge in [0.1, 0.15) is 12.4 Å². The monoisotopic (exact) mass is 533 g/mol. The Morgan fingerprint density at radius 3 is 2.59 bits per heavy atom. The summed E-state index contributed by atoms with van der Waals surface area (Å²) in [5.41, 5.74) is 4.22. The van der Waals surface area contributed by atoms with E-state index in [-0.39, 0.29) is 4.90 Å². The zero-order valence-corrected chi connectivity index (χ0v) is 20.6. The van der Waals surface area contributed by atoms with Gasteiger partial charge < -0.3 is 4.74 Å². The van der Waals surface area contributed by atoms with Crippen LogP contribution >= 0.6 is 32.7 Å². The third-order valence-corrected chi connectivity index (χ3v) is 7.40. The molecular weight excluding hydrogens is 517 g/mol. The van der Waals surface area contributed by atoms with Gasteiger partial charge >= 0.3 is 8.26 Å². The van der Waals surface area contributed by atoms with Crippen molar-refractivity contribution in [2.45, 2.75) is 11.4 Å². The van der Waals surface area contributed by atoms with Gasteiger partial charge in [-0.1, -0.05) is 0 Å². The van der Waals surface area contributed by atoms with E-state index in [0.29, 0.717) is 12.1 Å². The summed E-state index contributed by atoms with van der Waals surface area (Å²) in [5, 5.41) is 0.906. The highest BCUT2D eigenvalue weighted by molar-refractivity contribution is 8.31. The standard InChI is InChI=1S/C19H17N3O3S2.Cl2O2S/c1-21-8-9-25-18-5-4-17-14(15(18)11-21)6-7-22(17)27(23,24)13-2-3-16-19(10-13)26-12-20-16;1-5(2,3)4/h2-7,10,12H,8-9,11H2,1H3;. The van der Waals surface area contributed by atoms with Crippen molar-refractivity contribution in [2.75, 3.05) is 20.2 Å². The summed E-state index contributed by atoms with van der Waals surface area (Å²) >= 11 is 1.43. The molecule has 0 bridgehead atoms. The van der Waals surface area contributed by atoms with E-state index in [1.54, 1.807) is 29.9 Å². The van der Waals surface area contributed by atoms with Crippen molar-refractivity contribution in [3.05, 3.63) is 53.7 Å². The zero-order valence-electron chi connectivity index (χ0n) is 16.6. The number of hydrogen-bond donors (Lipinski definition) is 0. The average molecular weight is 534 g/mol. The fraction of sp³-hybridized carbons (Fsp3) is 0.211. The molecule has 0 aliphatic carbocycles. The minimum atomic E-state index is -3.72. The lowest BCUT2D eigenvalue weighted by molar-refractivity contribution is 0.259. The molecule has 170 valence electrons. The van der Waals surface area contributed by atoms with Gasteiger partial charge in [0.05, 0.1) is 26.1 Å². The molecule has 2 aromatic heterocycles. The third-order valence-electron chi connectivity index (χ3n) is 4.92. The average Bonchev–Trinajstić information content (AvgIpc) is 3.30. The van der Waals surface area contributed by atoms with Crippen LogP contribution in [0.3, 0.4) is 0 Å². The molecule has 32 heavy (non-hydrogen) atoms. The van der Waals surface area contributed by atoms with Crippen molar-refractivity contribution < 1.29 is 21.6 Å². The molecule has 4 aromatic rings. The molecule has 1 aliphatic heterocycles. The lowest BCUT2D eigenvalue weighted by atomic mass is 10.1. The van der Waals surface area contributed by atoms with Crippen molar-refractivity contribution in [1.29, 1.82) is 0 Å². The van der Waals surface area contributed by atoms with Crippen LogP contribution in [0.4, 0.5) is 0 Å². The van der Waals surface area contributed by atoms with Gasteiger partial charge in [-0.05, 0) is 43.4 Å². The number of aromatic nitrogens is 2. The van der Waals surface area contributed by atoms with E-state index < -0.39 is 18.3 Å². The highest BCUT2D eigenvalue weighted by atomic mass is 36.0. The Kier molecular flexibility index (Phi) is 6.40. The predicted octanol–water partition coefficient (Wildman–Crippen LogP) is 4.02. The number of ether oxygens (including phenoxy) is 1. The molecule has 0 saturated heterocycles. The molecule has 0 atom stereocenters. The molecule has 0 amide bonds. The first kappa shape index (κ1) is 23.3. The Morgan fingerprint density at radius 2 is 1.84 bits per heavy atom. The van der Waals surface area contributed by atoms with Crippen LogP contribution in [0.15, 0.2) is 53.0 Å². The summed E-state index contributed by atoms with van der Waals surface area (Å²) in [6, 6.07) is 10.6. The van der Waals surface area contributed by atoms with E-state index in [2.05, 4.69) is 31.2 Å². The molecule has 0 N–H and O–H groups in total. The molecule has 0 saturated carbocycles. The molecule has 0 radical (unpaired) electrons. The maximum absolute atomic E-state index is 13.3. The Morgan fingerprint density at radius 1 is 1.09 bits per heavy atom. The van der Waals surface area contributed by atoms with Crippen molar-refractivity contribution in [1.82, 2.24) is 13.9 Å². The summed E-state index contributed by atoms with van der Waals surface area (Å²) in [6.07, 6.45) is 1.63. The fourth-order valence-corrected chi connectivity index (χ4v) is 5.67. The normalized spacial score (nSPS) is 15.0. The SMILES string of the molecule is CN1CCOc2ccc3c(ccn3S(=O)(=O)c3ccc4ncsc4c3)c2C1.O=S(=O)(Cl)Cl. The highest BCUT2D eigenvalue weighted by Crippen LogP contribution is 2.33. The van der Waals surface area contributed by atoms with Gasteiger partial charge in [-0.2, -0.15) is 8.42 Å². The van der Waals surface area contributed by atoms with Gasteiger partial charge in [0, 0.05) is 51.6 Å². The van der Waals surface area contributed by atoms with E-state index in [1.807, 2.05) is 25.2 Å².